The Morgan fingerprint density at radius 3 is 2.82 bits per heavy atom. The number of nitrogens with zero attached hydrogens (tertiary/aromatic N) is 1. The Balaban J connectivity index is 3.06. The minimum atomic E-state index is 0.665. The van der Waals surface area contributed by atoms with E-state index in [9.17, 15) is 0 Å². The van der Waals surface area contributed by atoms with Gasteiger partial charge in [0.05, 0.1) is 5.69 Å². The summed E-state index contributed by atoms with van der Waals surface area (Å²) in [5.74, 6) is 5.70. The third-order valence-corrected chi connectivity index (χ3v) is 1.53. The summed E-state index contributed by atoms with van der Waals surface area (Å²) in [6.45, 7) is 3.96. The summed E-state index contributed by atoms with van der Waals surface area (Å²) in [5, 5.41) is 0. The fourth-order valence-corrected chi connectivity index (χ4v) is 0.958. The van der Waals surface area contributed by atoms with E-state index < -0.39 is 0 Å². The van der Waals surface area contributed by atoms with E-state index in [2.05, 4.69) is 9.82 Å². The molecule has 0 aromatic carbocycles. The molecular weight excluding hydrogens is 140 g/mol. The number of hydrogen-bond donors (Lipinski definition) is 1. The van der Waals surface area contributed by atoms with E-state index in [4.69, 9.17) is 5.90 Å². The second-order valence-electron chi connectivity index (χ2n) is 2.37. The molecule has 0 radical (unpaired) electrons. The van der Waals surface area contributed by atoms with Gasteiger partial charge < -0.3 is 4.84 Å². The molecule has 0 saturated carbocycles. The van der Waals surface area contributed by atoms with Crippen LogP contribution < -0.4 is 10.7 Å². The molecule has 0 bridgehead atoms. The number of rotatable bonds is 2. The third-order valence-electron chi connectivity index (χ3n) is 1.53. The van der Waals surface area contributed by atoms with Crippen molar-refractivity contribution in [3.05, 3.63) is 23.5 Å². The summed E-state index contributed by atoms with van der Waals surface area (Å²) in [4.78, 5) is 8.89. The number of nitrogens with two attached hydrogens (primary N) is 1. The van der Waals surface area contributed by atoms with Gasteiger partial charge in [0.2, 0.25) is 0 Å². The molecule has 1 heterocycles. The van der Waals surface area contributed by atoms with E-state index in [0.29, 0.717) is 5.75 Å². The van der Waals surface area contributed by atoms with Crippen molar-refractivity contribution in [3.8, 4) is 5.75 Å². The molecule has 0 spiro atoms. The Hall–Kier alpha value is -1.09. The van der Waals surface area contributed by atoms with Crippen LogP contribution in [0.2, 0.25) is 0 Å². The van der Waals surface area contributed by atoms with Gasteiger partial charge in [-0.1, -0.05) is 6.92 Å². The summed E-state index contributed by atoms with van der Waals surface area (Å²) in [7, 11) is 0. The van der Waals surface area contributed by atoms with E-state index in [-0.39, 0.29) is 0 Å². The normalized spacial score (nSPS) is 9.73. The fraction of sp³-hybridized carbons (Fsp3) is 0.375. The molecule has 1 aromatic rings. The van der Waals surface area contributed by atoms with Gasteiger partial charge in [-0.15, -0.1) is 0 Å². The maximum absolute atomic E-state index is 5.04. The van der Waals surface area contributed by atoms with Crippen LogP contribution in [0.25, 0.3) is 0 Å². The van der Waals surface area contributed by atoms with Gasteiger partial charge in [0.15, 0.2) is 5.75 Å². The predicted molar refractivity (Wildman–Crippen MR) is 43.2 cm³/mol. The van der Waals surface area contributed by atoms with Crippen molar-refractivity contribution in [3.63, 3.8) is 0 Å². The molecule has 0 aliphatic carbocycles. The lowest BCUT2D eigenvalue weighted by Crippen LogP contribution is -2.05. The Morgan fingerprint density at radius 1 is 1.55 bits per heavy atom. The van der Waals surface area contributed by atoms with Crippen LogP contribution >= 0.6 is 0 Å². The van der Waals surface area contributed by atoms with Crippen LogP contribution in [-0.2, 0) is 6.42 Å². The quantitative estimate of drug-likeness (QED) is 0.648. The van der Waals surface area contributed by atoms with Crippen molar-refractivity contribution in [2.45, 2.75) is 20.3 Å². The van der Waals surface area contributed by atoms with Crippen LogP contribution in [0.5, 0.6) is 5.75 Å². The maximum Gasteiger partial charge on any atom is 0.168 e. The van der Waals surface area contributed by atoms with Gasteiger partial charge in [-0.05, 0) is 25.5 Å². The molecule has 0 aliphatic heterocycles. The van der Waals surface area contributed by atoms with Crippen LogP contribution in [0.3, 0.4) is 0 Å². The number of pyridine rings is 1. The average molecular weight is 152 g/mol. The van der Waals surface area contributed by atoms with E-state index >= 15 is 0 Å². The highest BCUT2D eigenvalue weighted by Crippen LogP contribution is 2.15. The van der Waals surface area contributed by atoms with Crippen LogP contribution in [-0.4, -0.2) is 4.98 Å². The highest BCUT2D eigenvalue weighted by atomic mass is 16.6. The van der Waals surface area contributed by atoms with Crippen LogP contribution in [0.1, 0.15) is 18.3 Å². The number of aryl methyl sites for hydroxylation is 2. The second-order valence-corrected chi connectivity index (χ2v) is 2.37. The first kappa shape index (κ1) is 8.01. The molecule has 0 fully saturated rings. The summed E-state index contributed by atoms with van der Waals surface area (Å²) in [5.41, 5.74) is 1.90. The van der Waals surface area contributed by atoms with Crippen molar-refractivity contribution < 1.29 is 4.84 Å². The van der Waals surface area contributed by atoms with Gasteiger partial charge in [0.1, 0.15) is 0 Å². The second kappa shape index (κ2) is 3.34. The molecule has 1 aromatic heterocycles. The number of hydrogen-bond acceptors (Lipinski definition) is 3. The topological polar surface area (TPSA) is 48.1 Å². The molecule has 0 aliphatic rings. The molecule has 60 valence electrons. The van der Waals surface area contributed by atoms with Gasteiger partial charge in [0.25, 0.3) is 0 Å². The summed E-state index contributed by atoms with van der Waals surface area (Å²) in [6, 6.07) is 3.71. The Kier molecular flexibility index (Phi) is 2.44. The number of aromatic nitrogens is 1. The first-order valence-electron chi connectivity index (χ1n) is 3.61. The van der Waals surface area contributed by atoms with Gasteiger partial charge in [-0.2, -0.15) is 5.90 Å². The molecule has 11 heavy (non-hydrogen) atoms. The Labute approximate surface area is 66.2 Å². The molecule has 3 heteroatoms. The Bertz CT molecular complexity index is 248. The molecule has 2 N–H and O–H groups in total. The van der Waals surface area contributed by atoms with E-state index in [1.165, 1.54) is 0 Å². The fourth-order valence-electron chi connectivity index (χ4n) is 0.958. The van der Waals surface area contributed by atoms with E-state index in [1.54, 1.807) is 0 Å². The van der Waals surface area contributed by atoms with Crippen molar-refractivity contribution in [2.75, 3.05) is 0 Å². The molecular formula is C8H12N2O. The average Bonchev–Trinajstić information content (AvgIpc) is 2.04. The van der Waals surface area contributed by atoms with Crippen LogP contribution in [0, 0.1) is 6.92 Å². The molecule has 0 amide bonds. The molecule has 0 saturated heterocycles. The molecule has 1 rings (SSSR count). The van der Waals surface area contributed by atoms with Crippen LogP contribution in [0.4, 0.5) is 0 Å². The summed E-state index contributed by atoms with van der Waals surface area (Å²) in [6.07, 6.45) is 0.841. The maximum atomic E-state index is 5.04. The minimum absolute atomic E-state index is 0.665. The first-order valence-corrected chi connectivity index (χ1v) is 3.61. The monoisotopic (exact) mass is 152 g/mol. The first-order chi connectivity index (χ1) is 5.27. The summed E-state index contributed by atoms with van der Waals surface area (Å²) < 4.78 is 0. The largest absolute Gasteiger partial charge is 0.410 e. The zero-order valence-corrected chi connectivity index (χ0v) is 6.79. The lowest BCUT2D eigenvalue weighted by atomic mass is 10.2. The molecule has 3 nitrogen and oxygen atoms in total. The van der Waals surface area contributed by atoms with Gasteiger partial charge in [0, 0.05) is 5.69 Å². The molecule has 0 unspecified atom stereocenters. The van der Waals surface area contributed by atoms with Crippen molar-refractivity contribution in [1.82, 2.24) is 4.98 Å². The lowest BCUT2D eigenvalue weighted by molar-refractivity contribution is 0.329. The minimum Gasteiger partial charge on any atom is -0.410 e. The van der Waals surface area contributed by atoms with Gasteiger partial charge in [-0.25, -0.2) is 0 Å². The van der Waals surface area contributed by atoms with Gasteiger partial charge in [-0.3, -0.25) is 4.98 Å². The smallest absolute Gasteiger partial charge is 0.168 e. The van der Waals surface area contributed by atoms with Crippen molar-refractivity contribution in [2.24, 2.45) is 5.90 Å². The summed E-state index contributed by atoms with van der Waals surface area (Å²) >= 11 is 0. The zero-order chi connectivity index (χ0) is 8.27. The standard InChI is InChI=1S/C8H12N2O/c1-3-7-8(11-9)5-4-6(2)10-7/h4-5H,3,9H2,1-2H3. The van der Waals surface area contributed by atoms with E-state index in [1.807, 2.05) is 26.0 Å². The van der Waals surface area contributed by atoms with Crippen molar-refractivity contribution >= 4 is 0 Å². The SMILES string of the molecule is CCc1nc(C)ccc1ON. The highest BCUT2D eigenvalue weighted by molar-refractivity contribution is 5.28. The van der Waals surface area contributed by atoms with E-state index in [0.717, 1.165) is 17.8 Å². The third kappa shape index (κ3) is 1.68. The van der Waals surface area contributed by atoms with Crippen LogP contribution in [0.15, 0.2) is 12.1 Å². The predicted octanol–water partition coefficient (Wildman–Crippen LogP) is 1.20. The highest BCUT2D eigenvalue weighted by Gasteiger charge is 2.01. The van der Waals surface area contributed by atoms with Gasteiger partial charge >= 0.3 is 0 Å². The van der Waals surface area contributed by atoms with Crippen molar-refractivity contribution in [1.29, 1.82) is 0 Å². The molecule has 0 atom stereocenters. The lowest BCUT2D eigenvalue weighted by Gasteiger charge is -2.04. The Morgan fingerprint density at radius 2 is 2.27 bits per heavy atom. The zero-order valence-electron chi connectivity index (χ0n) is 6.79.